The van der Waals surface area contributed by atoms with E-state index in [4.69, 9.17) is 0 Å². The van der Waals surface area contributed by atoms with Gasteiger partial charge in [0.1, 0.15) is 12.1 Å². The van der Waals surface area contributed by atoms with Gasteiger partial charge in [0.05, 0.1) is 4.92 Å². The zero-order valence-corrected chi connectivity index (χ0v) is 16.0. The first-order chi connectivity index (χ1) is 14.1. The minimum atomic E-state index is -0.431. The SMILES string of the molecule is Cc1cccnc1Nc1ncnc(N2CCN(c3ccccc3)CC2)c1[N+](=O)[O-]. The van der Waals surface area contributed by atoms with Gasteiger partial charge in [-0.15, -0.1) is 0 Å². The second-order valence-electron chi connectivity index (χ2n) is 6.76. The third kappa shape index (κ3) is 3.93. The van der Waals surface area contributed by atoms with Crippen LogP contribution in [0.3, 0.4) is 0 Å². The molecule has 0 atom stereocenters. The van der Waals surface area contributed by atoms with Gasteiger partial charge in [0.2, 0.25) is 11.6 Å². The Labute approximate surface area is 168 Å². The minimum absolute atomic E-state index is 0.134. The Morgan fingerprint density at radius 1 is 0.931 bits per heavy atom. The average Bonchev–Trinajstić information content (AvgIpc) is 2.76. The molecule has 0 radical (unpaired) electrons. The lowest BCUT2D eigenvalue weighted by atomic mass is 10.2. The van der Waals surface area contributed by atoms with Gasteiger partial charge in [-0.3, -0.25) is 10.1 Å². The summed E-state index contributed by atoms with van der Waals surface area (Å²) in [4.78, 5) is 28.2. The molecule has 9 heteroatoms. The third-order valence-electron chi connectivity index (χ3n) is 4.93. The third-order valence-corrected chi connectivity index (χ3v) is 4.93. The lowest BCUT2D eigenvalue weighted by molar-refractivity contribution is -0.383. The maximum atomic E-state index is 11.9. The Bertz CT molecular complexity index is 1000. The molecule has 3 heterocycles. The molecule has 0 saturated carbocycles. The van der Waals surface area contributed by atoms with Crippen LogP contribution >= 0.6 is 0 Å². The first-order valence-corrected chi connectivity index (χ1v) is 9.36. The maximum absolute atomic E-state index is 11.9. The number of nitrogens with zero attached hydrogens (tertiary/aromatic N) is 6. The molecule has 0 unspecified atom stereocenters. The molecule has 1 N–H and O–H groups in total. The predicted octanol–water partition coefficient (Wildman–Crippen LogP) is 3.16. The lowest BCUT2D eigenvalue weighted by Gasteiger charge is -2.36. The van der Waals surface area contributed by atoms with Gasteiger partial charge in [0, 0.05) is 38.1 Å². The summed E-state index contributed by atoms with van der Waals surface area (Å²) in [5, 5.41) is 14.9. The van der Waals surface area contributed by atoms with Crippen LogP contribution in [0.4, 0.5) is 28.8 Å². The van der Waals surface area contributed by atoms with Crippen molar-refractivity contribution in [3.05, 3.63) is 70.7 Å². The molecule has 1 saturated heterocycles. The first-order valence-electron chi connectivity index (χ1n) is 9.36. The van der Waals surface area contributed by atoms with Gasteiger partial charge in [-0.1, -0.05) is 24.3 Å². The van der Waals surface area contributed by atoms with Crippen molar-refractivity contribution in [2.75, 3.05) is 41.3 Å². The molecule has 1 fully saturated rings. The van der Waals surface area contributed by atoms with Crippen molar-refractivity contribution in [3.63, 3.8) is 0 Å². The van der Waals surface area contributed by atoms with E-state index in [1.165, 1.54) is 6.33 Å². The van der Waals surface area contributed by atoms with Gasteiger partial charge >= 0.3 is 5.69 Å². The van der Waals surface area contributed by atoms with E-state index in [0.29, 0.717) is 24.7 Å². The molecule has 4 rings (SSSR count). The predicted molar refractivity (Wildman–Crippen MR) is 112 cm³/mol. The van der Waals surface area contributed by atoms with Crippen molar-refractivity contribution in [3.8, 4) is 0 Å². The number of anilines is 4. The molecule has 0 aliphatic carbocycles. The van der Waals surface area contributed by atoms with E-state index < -0.39 is 4.92 Å². The number of aromatic nitrogens is 3. The fourth-order valence-electron chi connectivity index (χ4n) is 3.40. The number of nitrogens with one attached hydrogen (secondary N) is 1. The Hall–Kier alpha value is -3.75. The average molecular weight is 391 g/mol. The standard InChI is InChI=1S/C20H21N7O2/c1-15-6-5-9-21-18(15)24-19-17(27(28)29)20(23-14-22-19)26-12-10-25(11-13-26)16-7-3-2-4-8-16/h2-9,14H,10-13H2,1H3,(H,21,22,23,24). The summed E-state index contributed by atoms with van der Waals surface area (Å²) in [5.41, 5.74) is 1.89. The fourth-order valence-corrected chi connectivity index (χ4v) is 3.40. The Kier molecular flexibility index (Phi) is 5.19. The zero-order chi connectivity index (χ0) is 20.2. The molecule has 1 aromatic carbocycles. The zero-order valence-electron chi connectivity index (χ0n) is 16.0. The summed E-state index contributed by atoms with van der Waals surface area (Å²) in [6.07, 6.45) is 2.98. The number of piperazine rings is 1. The lowest BCUT2D eigenvalue weighted by Crippen LogP contribution is -2.47. The van der Waals surface area contributed by atoms with E-state index in [-0.39, 0.29) is 11.5 Å². The summed E-state index contributed by atoms with van der Waals surface area (Å²) in [6.45, 7) is 4.66. The highest BCUT2D eigenvalue weighted by molar-refractivity contribution is 5.74. The van der Waals surface area contributed by atoms with Crippen LogP contribution in [0.25, 0.3) is 0 Å². The number of nitro groups is 1. The summed E-state index contributed by atoms with van der Waals surface area (Å²) < 4.78 is 0. The van der Waals surface area contributed by atoms with Crippen molar-refractivity contribution in [2.24, 2.45) is 0 Å². The summed E-state index contributed by atoms with van der Waals surface area (Å²) >= 11 is 0. The molecule has 29 heavy (non-hydrogen) atoms. The van der Waals surface area contributed by atoms with Gasteiger partial charge in [-0.25, -0.2) is 15.0 Å². The van der Waals surface area contributed by atoms with Gasteiger partial charge in [0.25, 0.3) is 0 Å². The van der Waals surface area contributed by atoms with Gasteiger partial charge in [0.15, 0.2) is 0 Å². The van der Waals surface area contributed by atoms with E-state index in [1.54, 1.807) is 6.20 Å². The quantitative estimate of drug-likeness (QED) is 0.523. The number of hydrogen-bond donors (Lipinski definition) is 1. The summed E-state index contributed by atoms with van der Waals surface area (Å²) in [6, 6.07) is 13.8. The van der Waals surface area contributed by atoms with E-state index in [0.717, 1.165) is 24.3 Å². The molecule has 1 aliphatic rings. The molecule has 3 aromatic rings. The van der Waals surface area contributed by atoms with E-state index in [1.807, 2.05) is 42.2 Å². The Balaban J connectivity index is 1.58. The molecule has 0 bridgehead atoms. The van der Waals surface area contributed by atoms with Crippen molar-refractivity contribution >= 4 is 28.8 Å². The molecule has 148 valence electrons. The van der Waals surface area contributed by atoms with E-state index in [2.05, 4.69) is 37.3 Å². The maximum Gasteiger partial charge on any atom is 0.353 e. The number of para-hydroxylation sites is 1. The second kappa shape index (κ2) is 8.09. The number of benzene rings is 1. The van der Waals surface area contributed by atoms with Crippen LogP contribution in [0, 0.1) is 17.0 Å². The molecule has 1 aliphatic heterocycles. The molecule has 2 aromatic heterocycles. The van der Waals surface area contributed by atoms with Crippen LogP contribution in [-0.4, -0.2) is 46.1 Å². The van der Waals surface area contributed by atoms with Crippen LogP contribution in [-0.2, 0) is 0 Å². The van der Waals surface area contributed by atoms with E-state index >= 15 is 0 Å². The largest absolute Gasteiger partial charge is 0.368 e. The molecule has 0 amide bonds. The van der Waals surface area contributed by atoms with Crippen molar-refractivity contribution in [1.29, 1.82) is 0 Å². The van der Waals surface area contributed by atoms with Gasteiger partial charge < -0.3 is 15.1 Å². The summed E-state index contributed by atoms with van der Waals surface area (Å²) in [5.74, 6) is 1.01. The Morgan fingerprint density at radius 3 is 2.34 bits per heavy atom. The van der Waals surface area contributed by atoms with Crippen molar-refractivity contribution in [1.82, 2.24) is 15.0 Å². The smallest absolute Gasteiger partial charge is 0.353 e. The van der Waals surface area contributed by atoms with Crippen LogP contribution in [0.5, 0.6) is 0 Å². The van der Waals surface area contributed by atoms with Gasteiger partial charge in [-0.2, -0.15) is 0 Å². The molecule has 9 nitrogen and oxygen atoms in total. The number of rotatable bonds is 5. The highest BCUT2D eigenvalue weighted by Gasteiger charge is 2.29. The first kappa shape index (κ1) is 18.6. The fraction of sp³-hybridized carbons (Fsp3) is 0.250. The number of pyridine rings is 1. The van der Waals surface area contributed by atoms with Crippen LogP contribution < -0.4 is 15.1 Å². The molecular weight excluding hydrogens is 370 g/mol. The Morgan fingerprint density at radius 2 is 1.66 bits per heavy atom. The summed E-state index contributed by atoms with van der Waals surface area (Å²) in [7, 11) is 0. The van der Waals surface area contributed by atoms with Crippen LogP contribution in [0.1, 0.15) is 5.56 Å². The highest BCUT2D eigenvalue weighted by atomic mass is 16.6. The van der Waals surface area contributed by atoms with E-state index in [9.17, 15) is 10.1 Å². The minimum Gasteiger partial charge on any atom is -0.368 e. The number of aryl methyl sites for hydroxylation is 1. The van der Waals surface area contributed by atoms with Crippen LogP contribution in [0.15, 0.2) is 55.0 Å². The normalized spacial score (nSPS) is 14.0. The van der Waals surface area contributed by atoms with Gasteiger partial charge in [-0.05, 0) is 30.7 Å². The second-order valence-corrected chi connectivity index (χ2v) is 6.76. The molecule has 0 spiro atoms. The van der Waals surface area contributed by atoms with Crippen LogP contribution in [0.2, 0.25) is 0 Å². The number of hydrogen-bond acceptors (Lipinski definition) is 8. The monoisotopic (exact) mass is 391 g/mol. The topological polar surface area (TPSA) is 100 Å². The highest BCUT2D eigenvalue weighted by Crippen LogP contribution is 2.34. The molecular formula is C20H21N7O2. The van der Waals surface area contributed by atoms with Crippen molar-refractivity contribution in [2.45, 2.75) is 6.92 Å². The van der Waals surface area contributed by atoms with Crippen molar-refractivity contribution < 1.29 is 4.92 Å².